The number of sulfone groups is 1. The van der Waals surface area contributed by atoms with Crippen LogP contribution in [-0.2, 0) is 16.3 Å². The number of urea groups is 1. The van der Waals surface area contributed by atoms with Crippen molar-refractivity contribution < 1.29 is 13.2 Å². The van der Waals surface area contributed by atoms with Crippen LogP contribution in [0, 0.1) is 13.8 Å². The Morgan fingerprint density at radius 1 is 1.08 bits per heavy atom. The lowest BCUT2D eigenvalue weighted by Crippen LogP contribution is -2.38. The number of benzene rings is 2. The fourth-order valence-electron chi connectivity index (χ4n) is 2.77. The molecule has 0 spiro atoms. The molecular weight excluding hydrogens is 348 g/mol. The summed E-state index contributed by atoms with van der Waals surface area (Å²) in [5.74, 6) is 0. The molecule has 2 aromatic rings. The molecule has 26 heavy (non-hydrogen) atoms. The van der Waals surface area contributed by atoms with Crippen LogP contribution in [0.25, 0.3) is 0 Å². The molecule has 0 fully saturated rings. The summed E-state index contributed by atoms with van der Waals surface area (Å²) in [6.45, 7) is 6.55. The first kappa shape index (κ1) is 20.0. The highest BCUT2D eigenvalue weighted by Gasteiger charge is 2.11. The molecule has 2 N–H and O–H groups in total. The van der Waals surface area contributed by atoms with Gasteiger partial charge in [-0.15, -0.1) is 0 Å². The normalized spacial score (nSPS) is 12.5. The molecule has 0 radical (unpaired) electrons. The number of amides is 2. The Labute approximate surface area is 155 Å². The Kier molecular flexibility index (Phi) is 6.42. The maximum absolute atomic E-state index is 12.1. The molecule has 5 nitrogen and oxygen atoms in total. The third-order valence-electron chi connectivity index (χ3n) is 4.33. The first-order chi connectivity index (χ1) is 12.2. The van der Waals surface area contributed by atoms with E-state index in [1.807, 2.05) is 6.92 Å². The standard InChI is InChI=1S/C20H26N2O3S/c1-14-5-6-17(15(2)13-14)11-12-21-20(23)22-16(3)18-7-9-19(10-8-18)26(4,24)25/h5-10,13,16H,11-12H2,1-4H3,(H2,21,22,23)/t16-/m1/s1. The third kappa shape index (κ3) is 5.59. The Bertz CT molecular complexity index is 874. The molecular formula is C20H26N2O3S. The van der Waals surface area contributed by atoms with Crippen LogP contribution >= 0.6 is 0 Å². The molecule has 0 aliphatic rings. The van der Waals surface area contributed by atoms with E-state index in [4.69, 9.17) is 0 Å². The molecule has 2 aromatic carbocycles. The average molecular weight is 375 g/mol. The summed E-state index contributed by atoms with van der Waals surface area (Å²) in [7, 11) is -3.21. The van der Waals surface area contributed by atoms with Crippen molar-refractivity contribution in [2.24, 2.45) is 0 Å². The van der Waals surface area contributed by atoms with Crippen LogP contribution in [-0.4, -0.2) is 27.2 Å². The molecule has 0 saturated heterocycles. The van der Waals surface area contributed by atoms with Crippen molar-refractivity contribution in [1.82, 2.24) is 10.6 Å². The van der Waals surface area contributed by atoms with Crippen LogP contribution in [0.2, 0.25) is 0 Å². The second kappa shape index (κ2) is 8.36. The van der Waals surface area contributed by atoms with Crippen molar-refractivity contribution in [3.63, 3.8) is 0 Å². The summed E-state index contributed by atoms with van der Waals surface area (Å²) in [4.78, 5) is 12.3. The molecule has 2 amide bonds. The van der Waals surface area contributed by atoms with Crippen molar-refractivity contribution >= 4 is 15.9 Å². The molecule has 0 aromatic heterocycles. The molecule has 0 unspecified atom stereocenters. The van der Waals surface area contributed by atoms with Gasteiger partial charge in [-0.05, 0) is 56.0 Å². The zero-order valence-electron chi connectivity index (χ0n) is 15.7. The predicted molar refractivity (Wildman–Crippen MR) is 104 cm³/mol. The van der Waals surface area contributed by atoms with Crippen LogP contribution in [0.3, 0.4) is 0 Å². The molecule has 0 bridgehead atoms. The van der Waals surface area contributed by atoms with E-state index in [1.165, 1.54) is 22.9 Å². The molecule has 1 atom stereocenters. The minimum Gasteiger partial charge on any atom is -0.338 e. The molecule has 0 aliphatic carbocycles. The highest BCUT2D eigenvalue weighted by Crippen LogP contribution is 2.16. The van der Waals surface area contributed by atoms with Crippen molar-refractivity contribution in [3.8, 4) is 0 Å². The van der Waals surface area contributed by atoms with Gasteiger partial charge in [-0.2, -0.15) is 0 Å². The number of aryl methyl sites for hydroxylation is 2. The number of hydrogen-bond acceptors (Lipinski definition) is 3. The monoisotopic (exact) mass is 374 g/mol. The SMILES string of the molecule is Cc1ccc(CCNC(=O)N[C@H](C)c2ccc(S(C)(=O)=O)cc2)c(C)c1. The summed E-state index contributed by atoms with van der Waals surface area (Å²) in [5.41, 5.74) is 4.53. The van der Waals surface area contributed by atoms with Crippen LogP contribution in [0.4, 0.5) is 4.79 Å². The van der Waals surface area contributed by atoms with Gasteiger partial charge in [0, 0.05) is 12.8 Å². The topological polar surface area (TPSA) is 75.3 Å². The van der Waals surface area contributed by atoms with E-state index in [-0.39, 0.29) is 17.0 Å². The van der Waals surface area contributed by atoms with Gasteiger partial charge in [0.1, 0.15) is 0 Å². The molecule has 0 heterocycles. The highest BCUT2D eigenvalue weighted by atomic mass is 32.2. The number of hydrogen-bond donors (Lipinski definition) is 2. The van der Waals surface area contributed by atoms with Crippen molar-refractivity contribution in [3.05, 3.63) is 64.7 Å². The summed E-state index contributed by atoms with van der Waals surface area (Å²) in [6, 6.07) is 12.4. The Balaban J connectivity index is 1.85. The van der Waals surface area contributed by atoms with Gasteiger partial charge in [0.2, 0.25) is 0 Å². The summed E-state index contributed by atoms with van der Waals surface area (Å²) >= 11 is 0. The number of carbonyl (C=O) groups is 1. The molecule has 0 aliphatic heterocycles. The maximum atomic E-state index is 12.1. The van der Waals surface area contributed by atoms with Gasteiger partial charge in [0.05, 0.1) is 10.9 Å². The van der Waals surface area contributed by atoms with Crippen LogP contribution < -0.4 is 10.6 Å². The first-order valence-corrected chi connectivity index (χ1v) is 10.5. The van der Waals surface area contributed by atoms with E-state index in [0.717, 1.165) is 12.0 Å². The van der Waals surface area contributed by atoms with E-state index in [0.29, 0.717) is 6.54 Å². The van der Waals surface area contributed by atoms with Crippen LogP contribution in [0.1, 0.15) is 35.2 Å². The van der Waals surface area contributed by atoms with E-state index in [1.54, 1.807) is 24.3 Å². The number of nitrogens with one attached hydrogen (secondary N) is 2. The fourth-order valence-corrected chi connectivity index (χ4v) is 3.40. The van der Waals surface area contributed by atoms with Crippen LogP contribution in [0.15, 0.2) is 47.4 Å². The zero-order valence-corrected chi connectivity index (χ0v) is 16.5. The third-order valence-corrected chi connectivity index (χ3v) is 5.46. The van der Waals surface area contributed by atoms with Gasteiger partial charge in [-0.1, -0.05) is 35.9 Å². The van der Waals surface area contributed by atoms with Crippen molar-refractivity contribution in [2.45, 2.75) is 38.1 Å². The van der Waals surface area contributed by atoms with Crippen molar-refractivity contribution in [1.29, 1.82) is 0 Å². The molecule has 6 heteroatoms. The summed E-state index contributed by atoms with van der Waals surface area (Å²) in [5, 5.41) is 5.73. The summed E-state index contributed by atoms with van der Waals surface area (Å²) < 4.78 is 23.0. The Hall–Kier alpha value is -2.34. The van der Waals surface area contributed by atoms with Gasteiger partial charge < -0.3 is 10.6 Å². The lowest BCUT2D eigenvalue weighted by molar-refractivity contribution is 0.238. The lowest BCUT2D eigenvalue weighted by Gasteiger charge is -2.16. The quantitative estimate of drug-likeness (QED) is 0.814. The largest absolute Gasteiger partial charge is 0.338 e. The van der Waals surface area contributed by atoms with Gasteiger partial charge in [-0.25, -0.2) is 13.2 Å². The van der Waals surface area contributed by atoms with Crippen molar-refractivity contribution in [2.75, 3.05) is 12.8 Å². The minimum absolute atomic E-state index is 0.218. The van der Waals surface area contributed by atoms with E-state index in [9.17, 15) is 13.2 Å². The highest BCUT2D eigenvalue weighted by molar-refractivity contribution is 7.90. The van der Waals surface area contributed by atoms with Gasteiger partial charge in [0.25, 0.3) is 0 Å². The Morgan fingerprint density at radius 3 is 2.31 bits per heavy atom. The zero-order chi connectivity index (χ0) is 19.3. The van der Waals surface area contributed by atoms with Gasteiger partial charge in [-0.3, -0.25) is 0 Å². The molecule has 140 valence electrons. The van der Waals surface area contributed by atoms with Gasteiger partial charge >= 0.3 is 6.03 Å². The second-order valence-electron chi connectivity index (χ2n) is 6.64. The average Bonchev–Trinajstić information content (AvgIpc) is 2.56. The van der Waals surface area contributed by atoms with E-state index in [2.05, 4.69) is 42.7 Å². The lowest BCUT2D eigenvalue weighted by atomic mass is 10.0. The predicted octanol–water partition coefficient (Wildman–Crippen LogP) is 3.31. The first-order valence-electron chi connectivity index (χ1n) is 8.57. The number of rotatable bonds is 6. The maximum Gasteiger partial charge on any atom is 0.315 e. The summed E-state index contributed by atoms with van der Waals surface area (Å²) in [6.07, 6.45) is 1.95. The smallest absolute Gasteiger partial charge is 0.315 e. The fraction of sp³-hybridized carbons (Fsp3) is 0.350. The number of carbonyl (C=O) groups excluding carboxylic acids is 1. The van der Waals surface area contributed by atoms with Gasteiger partial charge in [0.15, 0.2) is 9.84 Å². The minimum atomic E-state index is -3.21. The van der Waals surface area contributed by atoms with Crippen LogP contribution in [0.5, 0.6) is 0 Å². The van der Waals surface area contributed by atoms with E-state index < -0.39 is 9.84 Å². The van der Waals surface area contributed by atoms with E-state index >= 15 is 0 Å². The molecule has 2 rings (SSSR count). The Morgan fingerprint density at radius 2 is 1.73 bits per heavy atom. The molecule has 0 saturated carbocycles. The second-order valence-corrected chi connectivity index (χ2v) is 8.66.